The number of nitrogens with zero attached hydrogens (tertiary/aromatic N) is 1. The summed E-state index contributed by atoms with van der Waals surface area (Å²) in [6.45, 7) is 17.9. The van der Waals surface area contributed by atoms with E-state index >= 15 is 0 Å². The van der Waals surface area contributed by atoms with Crippen molar-refractivity contribution in [1.82, 2.24) is 4.90 Å². The second kappa shape index (κ2) is 4.33. The summed E-state index contributed by atoms with van der Waals surface area (Å²) in [6, 6.07) is 0. The van der Waals surface area contributed by atoms with Crippen LogP contribution in [0.25, 0.3) is 0 Å². The molecule has 2 aliphatic rings. The second-order valence-corrected chi connectivity index (χ2v) is 12.1. The van der Waals surface area contributed by atoms with E-state index in [1.165, 1.54) is 13.1 Å². The Hall–Kier alpha value is 0.0969. The molecule has 0 aromatic heterocycles. The number of hydrogen-bond acceptors (Lipinski definition) is 3. The van der Waals surface area contributed by atoms with Crippen LogP contribution in [-0.2, 0) is 9.16 Å². The first-order valence-electron chi connectivity index (χ1n) is 6.68. The molecule has 0 unspecified atom stereocenters. The van der Waals surface area contributed by atoms with Crippen LogP contribution in [0.1, 0.15) is 20.8 Å². The van der Waals surface area contributed by atoms with Gasteiger partial charge in [0.05, 0.1) is 13.2 Å². The molecule has 100 valence electrons. The predicted molar refractivity (Wildman–Crippen MR) is 72.8 cm³/mol. The average molecular weight is 257 g/mol. The van der Waals surface area contributed by atoms with Crippen LogP contribution >= 0.6 is 0 Å². The highest BCUT2D eigenvalue weighted by Gasteiger charge is 2.48. The number of hydrogen-bond donors (Lipinski definition) is 0. The van der Waals surface area contributed by atoms with Gasteiger partial charge in [0.1, 0.15) is 0 Å². The van der Waals surface area contributed by atoms with E-state index in [9.17, 15) is 0 Å². The first-order valence-corrected chi connectivity index (χ1v) is 9.59. The minimum Gasteiger partial charge on any atom is -0.416 e. The quantitative estimate of drug-likeness (QED) is 0.722. The minimum atomic E-state index is -1.54. The van der Waals surface area contributed by atoms with Gasteiger partial charge in [0.2, 0.25) is 0 Å². The van der Waals surface area contributed by atoms with Crippen LogP contribution in [0.4, 0.5) is 0 Å². The van der Waals surface area contributed by atoms with Crippen molar-refractivity contribution >= 4 is 8.32 Å². The molecule has 0 aliphatic carbocycles. The molecule has 2 rings (SSSR count). The normalized spacial score (nSPS) is 24.5. The summed E-state index contributed by atoms with van der Waals surface area (Å²) in [5.41, 5.74) is 0.539. The molecule has 0 saturated carbocycles. The predicted octanol–water partition coefficient (Wildman–Crippen LogP) is 2.34. The molecule has 2 aliphatic heterocycles. The number of rotatable bonds is 4. The zero-order valence-corrected chi connectivity index (χ0v) is 13.0. The zero-order valence-electron chi connectivity index (χ0n) is 12.0. The lowest BCUT2D eigenvalue weighted by atomic mass is 9.78. The maximum Gasteiger partial charge on any atom is 0.192 e. The summed E-state index contributed by atoms with van der Waals surface area (Å²) in [5, 5.41) is 0.324. The summed E-state index contributed by atoms with van der Waals surface area (Å²) >= 11 is 0. The van der Waals surface area contributed by atoms with E-state index in [1.807, 2.05) is 0 Å². The van der Waals surface area contributed by atoms with Crippen LogP contribution in [0.2, 0.25) is 18.1 Å². The molecule has 0 bridgehead atoms. The van der Waals surface area contributed by atoms with Crippen LogP contribution in [0.5, 0.6) is 0 Å². The van der Waals surface area contributed by atoms with Crippen molar-refractivity contribution in [1.29, 1.82) is 0 Å². The molecule has 2 heterocycles. The molecule has 3 nitrogen and oxygen atoms in total. The van der Waals surface area contributed by atoms with E-state index in [1.54, 1.807) is 0 Å². The van der Waals surface area contributed by atoms with Gasteiger partial charge in [-0.25, -0.2) is 0 Å². The van der Waals surface area contributed by atoms with Crippen LogP contribution in [0, 0.1) is 5.41 Å². The van der Waals surface area contributed by atoms with Crippen LogP contribution in [-0.4, -0.2) is 52.7 Å². The molecule has 0 atom stereocenters. The van der Waals surface area contributed by atoms with Crippen molar-refractivity contribution < 1.29 is 9.16 Å². The number of ether oxygens (including phenoxy) is 1. The van der Waals surface area contributed by atoms with Gasteiger partial charge >= 0.3 is 0 Å². The third-order valence-corrected chi connectivity index (χ3v) is 9.15. The fraction of sp³-hybridized carbons (Fsp3) is 1.00. The highest BCUT2D eigenvalue weighted by Crippen LogP contribution is 2.38. The van der Waals surface area contributed by atoms with Crippen LogP contribution < -0.4 is 0 Å². The van der Waals surface area contributed by atoms with Gasteiger partial charge in [-0.05, 0) is 18.1 Å². The fourth-order valence-electron chi connectivity index (χ4n) is 2.28. The van der Waals surface area contributed by atoms with Crippen LogP contribution in [0.3, 0.4) is 0 Å². The van der Waals surface area contributed by atoms with Crippen molar-refractivity contribution in [2.75, 3.05) is 39.5 Å². The summed E-state index contributed by atoms with van der Waals surface area (Å²) in [6.07, 6.45) is 0. The van der Waals surface area contributed by atoms with Gasteiger partial charge in [-0.2, -0.15) is 0 Å². The van der Waals surface area contributed by atoms with Gasteiger partial charge in [-0.1, -0.05) is 20.8 Å². The SMILES string of the molecule is CC(C)(C)[Si](C)(C)OCCN1CC2(COC2)C1. The van der Waals surface area contributed by atoms with Gasteiger partial charge < -0.3 is 9.16 Å². The first-order chi connectivity index (χ1) is 7.74. The molecule has 0 aromatic carbocycles. The second-order valence-electron chi connectivity index (χ2n) is 7.31. The molecule has 2 fully saturated rings. The molecule has 0 radical (unpaired) electrons. The molecule has 1 spiro atoms. The molecule has 2 saturated heterocycles. The molecular weight excluding hydrogens is 230 g/mol. The highest BCUT2D eigenvalue weighted by atomic mass is 28.4. The lowest BCUT2D eigenvalue weighted by molar-refractivity contribution is -0.189. The van der Waals surface area contributed by atoms with E-state index < -0.39 is 8.32 Å². The highest BCUT2D eigenvalue weighted by molar-refractivity contribution is 6.74. The fourth-order valence-corrected chi connectivity index (χ4v) is 3.31. The van der Waals surface area contributed by atoms with Crippen molar-refractivity contribution in [2.45, 2.75) is 38.9 Å². The van der Waals surface area contributed by atoms with Crippen molar-refractivity contribution in [3.8, 4) is 0 Å². The van der Waals surface area contributed by atoms with Crippen LogP contribution in [0.15, 0.2) is 0 Å². The van der Waals surface area contributed by atoms with Crippen molar-refractivity contribution in [3.05, 3.63) is 0 Å². The maximum atomic E-state index is 6.19. The Balaban J connectivity index is 1.64. The molecular formula is C13H27NO2Si. The maximum absolute atomic E-state index is 6.19. The van der Waals surface area contributed by atoms with Gasteiger partial charge in [-0.3, -0.25) is 4.90 Å². The summed E-state index contributed by atoms with van der Waals surface area (Å²) in [4.78, 5) is 2.50. The van der Waals surface area contributed by atoms with E-state index in [4.69, 9.17) is 9.16 Å². The Morgan fingerprint density at radius 1 is 1.24 bits per heavy atom. The Labute approximate surface area is 107 Å². The van der Waals surface area contributed by atoms with E-state index in [2.05, 4.69) is 38.8 Å². The lowest BCUT2D eigenvalue weighted by Crippen LogP contribution is -2.66. The van der Waals surface area contributed by atoms with Crippen molar-refractivity contribution in [2.24, 2.45) is 5.41 Å². The monoisotopic (exact) mass is 257 g/mol. The Kier molecular flexibility index (Phi) is 3.45. The molecule has 17 heavy (non-hydrogen) atoms. The largest absolute Gasteiger partial charge is 0.416 e. The van der Waals surface area contributed by atoms with E-state index in [-0.39, 0.29) is 0 Å². The van der Waals surface area contributed by atoms with Gasteiger partial charge in [0.25, 0.3) is 0 Å². The van der Waals surface area contributed by atoms with Crippen molar-refractivity contribution in [3.63, 3.8) is 0 Å². The lowest BCUT2D eigenvalue weighted by Gasteiger charge is -2.55. The molecule has 0 aromatic rings. The molecule has 4 heteroatoms. The standard InChI is InChI=1S/C13H27NO2Si/c1-12(2,3)17(4,5)16-7-6-14-8-13(9-14)10-15-11-13/h6-11H2,1-5H3. The minimum absolute atomic E-state index is 0.324. The number of likely N-dealkylation sites (tertiary alicyclic amines) is 1. The molecule has 0 N–H and O–H groups in total. The summed E-state index contributed by atoms with van der Waals surface area (Å²) in [5.74, 6) is 0. The van der Waals surface area contributed by atoms with Gasteiger partial charge in [0.15, 0.2) is 8.32 Å². The van der Waals surface area contributed by atoms with E-state index in [0.29, 0.717) is 10.5 Å². The average Bonchev–Trinajstić information content (AvgIpc) is 2.03. The first kappa shape index (κ1) is 13.5. The summed E-state index contributed by atoms with van der Waals surface area (Å²) in [7, 11) is -1.54. The van der Waals surface area contributed by atoms with Gasteiger partial charge in [0, 0.05) is 31.7 Å². The van der Waals surface area contributed by atoms with E-state index in [0.717, 1.165) is 26.4 Å². The van der Waals surface area contributed by atoms with Gasteiger partial charge in [-0.15, -0.1) is 0 Å². The third kappa shape index (κ3) is 2.75. The Bertz CT molecular complexity index is 274. The topological polar surface area (TPSA) is 21.7 Å². The summed E-state index contributed by atoms with van der Waals surface area (Å²) < 4.78 is 11.5. The smallest absolute Gasteiger partial charge is 0.192 e. The molecule has 0 amide bonds. The Morgan fingerprint density at radius 3 is 2.24 bits per heavy atom. The zero-order chi connectivity index (χ0) is 12.7. The Morgan fingerprint density at radius 2 is 1.82 bits per heavy atom. The third-order valence-electron chi connectivity index (χ3n) is 4.61.